The Balaban J connectivity index is 2.63. The van der Waals surface area contributed by atoms with Gasteiger partial charge in [0.25, 0.3) is 5.76 Å². The van der Waals surface area contributed by atoms with E-state index in [9.17, 15) is 13.6 Å². The van der Waals surface area contributed by atoms with Crippen LogP contribution in [0.3, 0.4) is 0 Å². The van der Waals surface area contributed by atoms with Crippen molar-refractivity contribution in [3.8, 4) is 0 Å². The highest BCUT2D eigenvalue weighted by Gasteiger charge is 2.04. The van der Waals surface area contributed by atoms with Gasteiger partial charge in [-0.25, -0.2) is 0 Å². The maximum absolute atomic E-state index is 11.9. The van der Waals surface area contributed by atoms with Gasteiger partial charge in [0, 0.05) is 11.3 Å². The third-order valence-corrected chi connectivity index (χ3v) is 2.19. The van der Waals surface area contributed by atoms with E-state index in [0.717, 1.165) is 11.8 Å². The lowest BCUT2D eigenvalue weighted by Gasteiger charge is -2.00. The Hall–Kier alpha value is -0.900. The average Bonchev–Trinajstić information content (AvgIpc) is 2.08. The molecule has 0 N–H and O–H groups in total. The topological polar surface area (TPSA) is 17.1 Å². The summed E-state index contributed by atoms with van der Waals surface area (Å²) >= 11 is 0.504. The first kappa shape index (κ1) is 10.2. The fourth-order valence-corrected chi connectivity index (χ4v) is 1.40. The van der Waals surface area contributed by atoms with E-state index in [-0.39, 0.29) is 0 Å². The molecular weight excluding hydrogens is 194 g/mol. The standard InChI is InChI=1S/C9H8F2OS/c10-9(11)13-8-3-1-7(2-4-8)5-6-12/h1-4,6,9H,5H2. The molecule has 0 saturated heterocycles. The number of carbonyl (C=O) groups excluding carboxylic acids is 1. The number of benzene rings is 1. The number of aldehydes is 1. The van der Waals surface area contributed by atoms with Crippen molar-refractivity contribution < 1.29 is 13.6 Å². The van der Waals surface area contributed by atoms with E-state index >= 15 is 0 Å². The van der Waals surface area contributed by atoms with Crippen LogP contribution < -0.4 is 0 Å². The van der Waals surface area contributed by atoms with Crippen LogP contribution >= 0.6 is 11.8 Å². The second-order valence-electron chi connectivity index (χ2n) is 2.39. The zero-order chi connectivity index (χ0) is 9.68. The molecule has 0 radical (unpaired) electrons. The zero-order valence-corrected chi connectivity index (χ0v) is 7.56. The van der Waals surface area contributed by atoms with E-state index in [1.807, 2.05) is 0 Å². The van der Waals surface area contributed by atoms with Gasteiger partial charge in [0.1, 0.15) is 6.29 Å². The number of hydrogen-bond acceptors (Lipinski definition) is 2. The van der Waals surface area contributed by atoms with Gasteiger partial charge in [-0.05, 0) is 17.7 Å². The Labute approximate surface area is 79.1 Å². The second-order valence-corrected chi connectivity index (χ2v) is 3.46. The van der Waals surface area contributed by atoms with Crippen LogP contribution in [0.4, 0.5) is 8.78 Å². The molecule has 0 aliphatic carbocycles. The van der Waals surface area contributed by atoms with Gasteiger partial charge in [0.2, 0.25) is 0 Å². The van der Waals surface area contributed by atoms with Crippen LogP contribution in [-0.4, -0.2) is 12.0 Å². The summed E-state index contributed by atoms with van der Waals surface area (Å²) in [6, 6.07) is 6.55. The minimum absolute atomic E-state index is 0.333. The van der Waals surface area contributed by atoms with Crippen molar-refractivity contribution in [1.82, 2.24) is 0 Å². The van der Waals surface area contributed by atoms with Crippen LogP contribution in [-0.2, 0) is 11.2 Å². The molecule has 1 nitrogen and oxygen atoms in total. The summed E-state index contributed by atoms with van der Waals surface area (Å²) in [6.07, 6.45) is 1.12. The largest absolute Gasteiger partial charge is 0.303 e. The normalized spacial score (nSPS) is 10.4. The Morgan fingerprint density at radius 2 is 1.92 bits per heavy atom. The quantitative estimate of drug-likeness (QED) is 0.551. The van der Waals surface area contributed by atoms with Gasteiger partial charge >= 0.3 is 0 Å². The minimum Gasteiger partial charge on any atom is -0.303 e. The van der Waals surface area contributed by atoms with Gasteiger partial charge in [-0.2, -0.15) is 8.78 Å². The van der Waals surface area contributed by atoms with Crippen LogP contribution in [0.25, 0.3) is 0 Å². The van der Waals surface area contributed by atoms with E-state index in [0.29, 0.717) is 23.1 Å². The molecule has 0 spiro atoms. The van der Waals surface area contributed by atoms with Crippen molar-refractivity contribution in [2.45, 2.75) is 17.1 Å². The Morgan fingerprint density at radius 3 is 2.38 bits per heavy atom. The molecule has 0 fully saturated rings. The Kier molecular flexibility index (Phi) is 3.89. The van der Waals surface area contributed by atoms with Gasteiger partial charge in [-0.3, -0.25) is 0 Å². The summed E-state index contributed by atoms with van der Waals surface area (Å²) in [5.74, 6) is -2.39. The molecule has 0 aliphatic heterocycles. The molecule has 0 atom stereocenters. The molecule has 70 valence electrons. The number of rotatable bonds is 4. The van der Waals surface area contributed by atoms with Crippen molar-refractivity contribution in [3.63, 3.8) is 0 Å². The first-order valence-electron chi connectivity index (χ1n) is 3.70. The molecule has 0 saturated carbocycles. The summed E-state index contributed by atoms with van der Waals surface area (Å²) in [4.78, 5) is 10.6. The minimum atomic E-state index is -2.39. The molecule has 0 bridgehead atoms. The van der Waals surface area contributed by atoms with Crippen molar-refractivity contribution in [3.05, 3.63) is 29.8 Å². The lowest BCUT2D eigenvalue weighted by Crippen LogP contribution is -1.86. The van der Waals surface area contributed by atoms with E-state index in [2.05, 4.69) is 0 Å². The molecule has 13 heavy (non-hydrogen) atoms. The van der Waals surface area contributed by atoms with Gasteiger partial charge < -0.3 is 4.79 Å². The fourth-order valence-electron chi connectivity index (χ4n) is 0.903. The molecular formula is C9H8F2OS. The third kappa shape index (κ3) is 3.55. The van der Waals surface area contributed by atoms with Gasteiger partial charge in [-0.15, -0.1) is 0 Å². The molecule has 0 aliphatic rings. The Bertz CT molecular complexity index is 271. The van der Waals surface area contributed by atoms with Crippen molar-refractivity contribution in [1.29, 1.82) is 0 Å². The van der Waals surface area contributed by atoms with E-state index in [4.69, 9.17) is 0 Å². The van der Waals surface area contributed by atoms with Crippen LogP contribution in [0, 0.1) is 0 Å². The molecule has 1 rings (SSSR count). The van der Waals surface area contributed by atoms with Gasteiger partial charge in [0.15, 0.2) is 0 Å². The fraction of sp³-hybridized carbons (Fsp3) is 0.222. The predicted molar refractivity (Wildman–Crippen MR) is 48.1 cm³/mol. The third-order valence-electron chi connectivity index (χ3n) is 1.47. The maximum atomic E-state index is 11.9. The molecule has 1 aromatic rings. The number of thioether (sulfide) groups is 1. The lowest BCUT2D eigenvalue weighted by molar-refractivity contribution is -0.107. The van der Waals surface area contributed by atoms with Gasteiger partial charge in [-0.1, -0.05) is 23.9 Å². The highest BCUT2D eigenvalue weighted by atomic mass is 32.2. The average molecular weight is 202 g/mol. The molecule has 0 unspecified atom stereocenters. The van der Waals surface area contributed by atoms with Crippen molar-refractivity contribution in [2.75, 3.05) is 0 Å². The van der Waals surface area contributed by atoms with E-state index < -0.39 is 5.76 Å². The SMILES string of the molecule is O=CCc1ccc(SC(F)F)cc1. The van der Waals surface area contributed by atoms with E-state index in [1.165, 1.54) is 0 Å². The van der Waals surface area contributed by atoms with Crippen LogP contribution in [0.5, 0.6) is 0 Å². The lowest BCUT2D eigenvalue weighted by atomic mass is 10.2. The molecule has 1 aromatic carbocycles. The zero-order valence-electron chi connectivity index (χ0n) is 6.74. The predicted octanol–water partition coefficient (Wildman–Crippen LogP) is 2.74. The second kappa shape index (κ2) is 4.97. The summed E-state index contributed by atoms with van der Waals surface area (Å²) < 4.78 is 23.8. The number of carbonyl (C=O) groups is 1. The first-order valence-corrected chi connectivity index (χ1v) is 4.57. The molecule has 0 heterocycles. The summed E-state index contributed by atoms with van der Waals surface area (Å²) in [5.41, 5.74) is 0.841. The smallest absolute Gasteiger partial charge is 0.288 e. The first-order chi connectivity index (χ1) is 6.22. The number of alkyl halides is 2. The number of hydrogen-bond donors (Lipinski definition) is 0. The van der Waals surface area contributed by atoms with Gasteiger partial charge in [0.05, 0.1) is 0 Å². The highest BCUT2D eigenvalue weighted by molar-refractivity contribution is 7.99. The summed E-state index contributed by atoms with van der Waals surface area (Å²) in [5, 5.41) is 0. The summed E-state index contributed by atoms with van der Waals surface area (Å²) in [6.45, 7) is 0. The maximum Gasteiger partial charge on any atom is 0.288 e. The molecule has 0 amide bonds. The monoisotopic (exact) mass is 202 g/mol. The van der Waals surface area contributed by atoms with Crippen LogP contribution in [0.1, 0.15) is 5.56 Å². The summed E-state index contributed by atoms with van der Waals surface area (Å²) in [7, 11) is 0. The van der Waals surface area contributed by atoms with E-state index in [1.54, 1.807) is 24.3 Å². The molecule has 4 heteroatoms. The molecule has 0 aromatic heterocycles. The van der Waals surface area contributed by atoms with Crippen molar-refractivity contribution in [2.24, 2.45) is 0 Å². The number of halogens is 2. The highest BCUT2D eigenvalue weighted by Crippen LogP contribution is 2.24. The van der Waals surface area contributed by atoms with Crippen LogP contribution in [0.2, 0.25) is 0 Å². The van der Waals surface area contributed by atoms with Crippen molar-refractivity contribution >= 4 is 18.0 Å². The van der Waals surface area contributed by atoms with Crippen LogP contribution in [0.15, 0.2) is 29.2 Å². The Morgan fingerprint density at radius 1 is 1.31 bits per heavy atom.